The van der Waals surface area contributed by atoms with Crippen LogP contribution in [0.2, 0.25) is 0 Å². The smallest absolute Gasteiger partial charge is 0.232 e. The molecule has 148 valence electrons. The number of benzene rings is 1. The highest BCUT2D eigenvalue weighted by atomic mass is 32.1. The third-order valence-electron chi connectivity index (χ3n) is 5.43. The van der Waals surface area contributed by atoms with Crippen LogP contribution in [0.5, 0.6) is 0 Å². The maximum Gasteiger partial charge on any atom is 0.232 e. The number of rotatable bonds is 5. The van der Waals surface area contributed by atoms with Gasteiger partial charge in [-0.15, -0.1) is 0 Å². The van der Waals surface area contributed by atoms with Crippen LogP contribution < -0.4 is 20.4 Å². The predicted molar refractivity (Wildman–Crippen MR) is 119 cm³/mol. The molecule has 2 fully saturated rings. The van der Waals surface area contributed by atoms with Crippen molar-refractivity contribution in [3.8, 4) is 0 Å². The van der Waals surface area contributed by atoms with E-state index in [1.807, 2.05) is 18.2 Å². The molecule has 0 bridgehead atoms. The van der Waals surface area contributed by atoms with Gasteiger partial charge in [0.05, 0.1) is 6.04 Å². The molecule has 0 amide bonds. The zero-order valence-electron chi connectivity index (χ0n) is 16.4. The molecule has 3 heterocycles. The largest absolute Gasteiger partial charge is 0.356 e. The summed E-state index contributed by atoms with van der Waals surface area (Å²) in [4.78, 5) is 14.2. The van der Waals surface area contributed by atoms with Gasteiger partial charge in [-0.05, 0) is 50.4 Å². The van der Waals surface area contributed by atoms with E-state index in [1.165, 1.54) is 31.2 Å². The van der Waals surface area contributed by atoms with E-state index < -0.39 is 0 Å². The summed E-state index contributed by atoms with van der Waals surface area (Å²) >= 11 is 5.54. The summed E-state index contributed by atoms with van der Waals surface area (Å²) in [7, 11) is 0. The van der Waals surface area contributed by atoms with Crippen LogP contribution in [0.4, 0.5) is 17.6 Å². The molecule has 0 saturated carbocycles. The van der Waals surface area contributed by atoms with Crippen LogP contribution >= 0.6 is 12.2 Å². The van der Waals surface area contributed by atoms with E-state index in [0.717, 1.165) is 37.8 Å². The second-order valence-corrected chi connectivity index (χ2v) is 7.94. The molecule has 2 saturated heterocycles. The van der Waals surface area contributed by atoms with Crippen LogP contribution in [0.15, 0.2) is 36.4 Å². The van der Waals surface area contributed by atoms with Crippen molar-refractivity contribution >= 4 is 34.9 Å². The van der Waals surface area contributed by atoms with Crippen molar-refractivity contribution in [1.82, 2.24) is 15.3 Å². The van der Waals surface area contributed by atoms with Gasteiger partial charge in [-0.3, -0.25) is 0 Å². The Hall–Kier alpha value is -2.41. The Balaban J connectivity index is 1.50. The SMILES string of the molecule is C[C@H](NC(=S)Nc1nc(N2CCCC2)cc(N2CCCC2)n1)c1ccccc1. The molecule has 28 heavy (non-hydrogen) atoms. The zero-order chi connectivity index (χ0) is 19.3. The van der Waals surface area contributed by atoms with Crippen molar-refractivity contribution in [3.05, 3.63) is 42.0 Å². The number of thiocarbonyl (C=S) groups is 1. The van der Waals surface area contributed by atoms with Gasteiger partial charge in [-0.1, -0.05) is 30.3 Å². The lowest BCUT2D eigenvalue weighted by atomic mass is 10.1. The highest BCUT2D eigenvalue weighted by Gasteiger charge is 2.20. The van der Waals surface area contributed by atoms with E-state index in [-0.39, 0.29) is 6.04 Å². The van der Waals surface area contributed by atoms with Gasteiger partial charge in [0, 0.05) is 32.2 Å². The Labute approximate surface area is 172 Å². The lowest BCUT2D eigenvalue weighted by Crippen LogP contribution is -2.32. The Kier molecular flexibility index (Phi) is 5.90. The summed E-state index contributed by atoms with van der Waals surface area (Å²) in [6.45, 7) is 6.33. The first-order valence-corrected chi connectivity index (χ1v) is 10.6. The molecule has 4 rings (SSSR count). The number of nitrogens with zero attached hydrogens (tertiary/aromatic N) is 4. The molecule has 0 spiro atoms. The van der Waals surface area contributed by atoms with Gasteiger partial charge >= 0.3 is 0 Å². The Morgan fingerprint density at radius 1 is 0.929 bits per heavy atom. The number of anilines is 3. The third-order valence-corrected chi connectivity index (χ3v) is 5.65. The first-order valence-electron chi connectivity index (χ1n) is 10.2. The van der Waals surface area contributed by atoms with Crippen LogP contribution in [0, 0.1) is 0 Å². The molecule has 0 aliphatic carbocycles. The molecule has 2 N–H and O–H groups in total. The van der Waals surface area contributed by atoms with E-state index in [1.54, 1.807) is 0 Å². The molecular weight excluding hydrogens is 368 g/mol. The second kappa shape index (κ2) is 8.73. The van der Waals surface area contributed by atoms with Crippen molar-refractivity contribution in [3.63, 3.8) is 0 Å². The summed E-state index contributed by atoms with van der Waals surface area (Å²) < 4.78 is 0. The Morgan fingerprint density at radius 2 is 1.46 bits per heavy atom. The molecule has 2 aliphatic rings. The Bertz CT molecular complexity index is 766. The van der Waals surface area contributed by atoms with Crippen LogP contribution in [-0.2, 0) is 0 Å². The number of nitrogens with one attached hydrogen (secondary N) is 2. The monoisotopic (exact) mass is 396 g/mol. The number of aromatic nitrogens is 2. The molecule has 0 radical (unpaired) electrons. The van der Waals surface area contributed by atoms with Gasteiger partial charge in [-0.2, -0.15) is 9.97 Å². The average Bonchev–Trinajstić information content (AvgIpc) is 3.42. The number of hydrogen-bond acceptors (Lipinski definition) is 5. The van der Waals surface area contributed by atoms with Crippen LogP contribution in [0.1, 0.15) is 44.2 Å². The second-order valence-electron chi connectivity index (χ2n) is 7.53. The maximum absolute atomic E-state index is 5.54. The topological polar surface area (TPSA) is 56.3 Å². The zero-order valence-corrected chi connectivity index (χ0v) is 17.2. The molecule has 2 aromatic rings. The van der Waals surface area contributed by atoms with Crippen LogP contribution in [0.25, 0.3) is 0 Å². The lowest BCUT2D eigenvalue weighted by Gasteiger charge is -2.23. The van der Waals surface area contributed by atoms with Crippen molar-refractivity contribution in [2.75, 3.05) is 41.3 Å². The van der Waals surface area contributed by atoms with Crippen LogP contribution in [-0.4, -0.2) is 41.3 Å². The Morgan fingerprint density at radius 3 is 2.00 bits per heavy atom. The van der Waals surface area contributed by atoms with Gasteiger partial charge in [0.1, 0.15) is 11.6 Å². The van der Waals surface area contributed by atoms with Crippen molar-refractivity contribution in [2.24, 2.45) is 0 Å². The predicted octanol–water partition coefficient (Wildman–Crippen LogP) is 3.72. The van der Waals surface area contributed by atoms with E-state index in [2.05, 4.69) is 45.6 Å². The molecule has 2 aliphatic heterocycles. The first kappa shape index (κ1) is 18.9. The first-order chi connectivity index (χ1) is 13.7. The number of hydrogen-bond donors (Lipinski definition) is 2. The highest BCUT2D eigenvalue weighted by molar-refractivity contribution is 7.80. The van der Waals surface area contributed by atoms with Gasteiger partial charge in [0.15, 0.2) is 5.11 Å². The van der Waals surface area contributed by atoms with Gasteiger partial charge in [0.2, 0.25) is 5.95 Å². The highest BCUT2D eigenvalue weighted by Crippen LogP contribution is 2.26. The minimum absolute atomic E-state index is 0.112. The standard InChI is InChI=1S/C21H28N6S/c1-16(17-9-3-2-4-10-17)22-21(28)25-20-23-18(26-11-5-6-12-26)15-19(24-20)27-13-7-8-14-27/h2-4,9-10,15-16H,5-8,11-14H2,1H3,(H2,22,23,24,25,28)/t16-/m0/s1. The van der Waals surface area contributed by atoms with Crippen molar-refractivity contribution in [2.45, 2.75) is 38.6 Å². The van der Waals surface area contributed by atoms with Crippen molar-refractivity contribution < 1.29 is 0 Å². The third kappa shape index (κ3) is 4.52. The minimum atomic E-state index is 0.112. The summed E-state index contributed by atoms with van der Waals surface area (Å²) in [5.74, 6) is 2.57. The molecule has 6 nitrogen and oxygen atoms in total. The fourth-order valence-electron chi connectivity index (χ4n) is 3.85. The summed E-state index contributed by atoms with van der Waals surface area (Å²) in [6.07, 6.45) is 4.89. The quantitative estimate of drug-likeness (QED) is 0.747. The maximum atomic E-state index is 5.54. The van der Waals surface area contributed by atoms with Gasteiger partial charge < -0.3 is 20.4 Å². The van der Waals surface area contributed by atoms with E-state index in [4.69, 9.17) is 22.2 Å². The summed E-state index contributed by atoms with van der Waals surface area (Å²) in [6, 6.07) is 12.5. The fraction of sp³-hybridized carbons (Fsp3) is 0.476. The van der Waals surface area contributed by atoms with E-state index >= 15 is 0 Å². The van der Waals surface area contributed by atoms with Gasteiger partial charge in [0.25, 0.3) is 0 Å². The summed E-state index contributed by atoms with van der Waals surface area (Å²) in [5, 5.41) is 7.09. The van der Waals surface area contributed by atoms with Crippen molar-refractivity contribution in [1.29, 1.82) is 0 Å². The lowest BCUT2D eigenvalue weighted by molar-refractivity contribution is 0.722. The molecule has 1 aromatic carbocycles. The normalized spacial score (nSPS) is 17.6. The van der Waals surface area contributed by atoms with E-state index in [0.29, 0.717) is 11.1 Å². The van der Waals surface area contributed by atoms with Crippen LogP contribution in [0.3, 0.4) is 0 Å². The van der Waals surface area contributed by atoms with E-state index in [9.17, 15) is 0 Å². The molecular formula is C21H28N6S. The molecule has 1 atom stereocenters. The molecule has 1 aromatic heterocycles. The average molecular weight is 397 g/mol. The van der Waals surface area contributed by atoms with Gasteiger partial charge in [-0.25, -0.2) is 0 Å². The summed E-state index contributed by atoms with van der Waals surface area (Å²) in [5.41, 5.74) is 1.19. The molecule has 0 unspecified atom stereocenters. The fourth-order valence-corrected chi connectivity index (χ4v) is 4.12. The molecule has 7 heteroatoms. The minimum Gasteiger partial charge on any atom is -0.356 e.